The van der Waals surface area contributed by atoms with Crippen molar-refractivity contribution in [1.29, 1.82) is 0 Å². The number of hydrogen-bond acceptors (Lipinski definition) is 6. The van der Waals surface area contributed by atoms with Crippen molar-refractivity contribution in [3.05, 3.63) is 60.7 Å². The minimum absolute atomic E-state index is 0.00864. The fourth-order valence-corrected chi connectivity index (χ4v) is 4.10. The van der Waals surface area contributed by atoms with Crippen molar-refractivity contribution in [1.82, 2.24) is 21.2 Å². The molecular formula is C26H40F2N4O3. The molecule has 1 aliphatic carbocycles. The summed E-state index contributed by atoms with van der Waals surface area (Å²) in [7, 11) is 0. The van der Waals surface area contributed by atoms with Gasteiger partial charge in [0.25, 0.3) is 5.91 Å². The van der Waals surface area contributed by atoms with Crippen LogP contribution in [0.4, 0.5) is 8.78 Å². The van der Waals surface area contributed by atoms with Gasteiger partial charge in [0, 0.05) is 25.4 Å². The summed E-state index contributed by atoms with van der Waals surface area (Å²) in [5.74, 6) is -0.825. The Balaban J connectivity index is 1.76. The Hall–Kier alpha value is -2.65. The SMILES string of the molecule is C=CNOC(C)CCCOC1=CCC(CN2C=CC(NC(=O)/C(C(=C)F)=C(\F)CCC)N2)C(C)C1. The molecule has 0 aromatic rings. The number of carbonyl (C=O) groups is 1. The van der Waals surface area contributed by atoms with Crippen LogP contribution in [0, 0.1) is 11.8 Å². The highest BCUT2D eigenvalue weighted by molar-refractivity contribution is 5.97. The first-order valence-corrected chi connectivity index (χ1v) is 12.3. The van der Waals surface area contributed by atoms with Gasteiger partial charge in [0.1, 0.15) is 23.4 Å². The highest BCUT2D eigenvalue weighted by atomic mass is 19.1. The van der Waals surface area contributed by atoms with E-state index in [9.17, 15) is 13.6 Å². The number of halogens is 2. The summed E-state index contributed by atoms with van der Waals surface area (Å²) in [6.45, 7) is 14.0. The van der Waals surface area contributed by atoms with Crippen molar-refractivity contribution in [3.63, 3.8) is 0 Å². The molecule has 1 heterocycles. The van der Waals surface area contributed by atoms with Gasteiger partial charge < -0.3 is 15.1 Å². The number of hydroxylamine groups is 1. The third-order valence-corrected chi connectivity index (χ3v) is 6.09. The molecular weight excluding hydrogens is 454 g/mol. The Morgan fingerprint density at radius 3 is 2.86 bits per heavy atom. The first kappa shape index (κ1) is 28.6. The Morgan fingerprint density at radius 2 is 2.20 bits per heavy atom. The van der Waals surface area contributed by atoms with E-state index in [0.29, 0.717) is 24.9 Å². The molecule has 0 aromatic heterocycles. The maximum Gasteiger partial charge on any atom is 0.258 e. The highest BCUT2D eigenvalue weighted by Gasteiger charge is 2.28. The third kappa shape index (κ3) is 9.49. The molecule has 0 bridgehead atoms. The summed E-state index contributed by atoms with van der Waals surface area (Å²) >= 11 is 0. The smallest absolute Gasteiger partial charge is 0.258 e. The zero-order valence-corrected chi connectivity index (χ0v) is 21.1. The average Bonchev–Trinajstić information content (AvgIpc) is 3.23. The molecule has 1 aliphatic heterocycles. The number of hydrazine groups is 1. The van der Waals surface area contributed by atoms with Crippen LogP contribution in [0.15, 0.2) is 60.7 Å². The van der Waals surface area contributed by atoms with Crippen LogP contribution >= 0.6 is 0 Å². The lowest BCUT2D eigenvalue weighted by atomic mass is 9.83. The summed E-state index contributed by atoms with van der Waals surface area (Å²) < 4.78 is 33.8. The maximum absolute atomic E-state index is 14.1. The largest absolute Gasteiger partial charge is 0.498 e. The number of carbonyl (C=O) groups excluding carboxylic acids is 1. The second-order valence-corrected chi connectivity index (χ2v) is 9.10. The van der Waals surface area contributed by atoms with Gasteiger partial charge in [-0.25, -0.2) is 14.2 Å². The average molecular weight is 495 g/mol. The molecule has 0 aromatic carbocycles. The van der Waals surface area contributed by atoms with Crippen molar-refractivity contribution < 1.29 is 23.1 Å². The van der Waals surface area contributed by atoms with E-state index < -0.39 is 29.3 Å². The molecule has 2 rings (SSSR count). The lowest BCUT2D eigenvalue weighted by Crippen LogP contribution is -2.48. The van der Waals surface area contributed by atoms with Gasteiger partial charge in [-0.2, -0.15) is 0 Å². The van der Waals surface area contributed by atoms with E-state index in [-0.39, 0.29) is 12.5 Å². The van der Waals surface area contributed by atoms with E-state index in [0.717, 1.165) is 38.0 Å². The van der Waals surface area contributed by atoms with Crippen LogP contribution in [-0.4, -0.2) is 36.3 Å². The fraction of sp³-hybridized carbons (Fsp3) is 0.577. The van der Waals surface area contributed by atoms with Gasteiger partial charge >= 0.3 is 0 Å². The normalized spacial score (nSPS) is 23.3. The lowest BCUT2D eigenvalue weighted by molar-refractivity contribution is -0.118. The van der Waals surface area contributed by atoms with Crippen LogP contribution in [0.25, 0.3) is 0 Å². The molecule has 4 atom stereocenters. The molecule has 7 nitrogen and oxygen atoms in total. The molecule has 9 heteroatoms. The van der Waals surface area contributed by atoms with Crippen LogP contribution in [-0.2, 0) is 14.4 Å². The minimum atomic E-state index is -1.07. The molecule has 1 amide bonds. The first-order chi connectivity index (χ1) is 16.7. The summed E-state index contributed by atoms with van der Waals surface area (Å²) in [5, 5.41) is 4.51. The fourth-order valence-electron chi connectivity index (χ4n) is 4.10. The van der Waals surface area contributed by atoms with Crippen molar-refractivity contribution >= 4 is 5.91 Å². The molecule has 196 valence electrons. The second kappa shape index (κ2) is 14.7. The number of amides is 1. The van der Waals surface area contributed by atoms with Crippen LogP contribution in [0.1, 0.15) is 59.3 Å². The highest BCUT2D eigenvalue weighted by Crippen LogP contribution is 2.31. The van der Waals surface area contributed by atoms with Crippen molar-refractivity contribution in [2.45, 2.75) is 71.6 Å². The van der Waals surface area contributed by atoms with E-state index in [1.807, 2.05) is 18.1 Å². The van der Waals surface area contributed by atoms with Gasteiger partial charge in [0.15, 0.2) is 0 Å². The van der Waals surface area contributed by atoms with E-state index >= 15 is 0 Å². The van der Waals surface area contributed by atoms with Gasteiger partial charge in [0.2, 0.25) is 0 Å². The number of nitrogens with zero attached hydrogens (tertiary/aromatic N) is 1. The zero-order chi connectivity index (χ0) is 25.8. The molecule has 3 N–H and O–H groups in total. The molecule has 35 heavy (non-hydrogen) atoms. The molecule has 0 radical (unpaired) electrons. The topological polar surface area (TPSA) is 74.9 Å². The zero-order valence-electron chi connectivity index (χ0n) is 21.1. The molecule has 0 fully saturated rings. The number of hydrogen-bond donors (Lipinski definition) is 3. The summed E-state index contributed by atoms with van der Waals surface area (Å²) in [5.41, 5.74) is 5.18. The Labute approximate surface area is 207 Å². The van der Waals surface area contributed by atoms with Gasteiger partial charge in [-0.1, -0.05) is 27.0 Å². The Kier molecular flexibility index (Phi) is 12.0. The third-order valence-electron chi connectivity index (χ3n) is 6.09. The van der Waals surface area contributed by atoms with Crippen LogP contribution in [0.2, 0.25) is 0 Å². The van der Waals surface area contributed by atoms with Crippen LogP contribution in [0.3, 0.4) is 0 Å². The van der Waals surface area contributed by atoms with Crippen molar-refractivity contribution in [2.24, 2.45) is 11.8 Å². The standard InChI is InChI=1S/C26H40F2N4O3/c1-6-9-23(28)25(20(5)27)26(33)30-24-13-14-32(31-24)17-21-11-12-22(16-18(21)3)34-15-8-10-19(4)35-29-7-2/h7,12-14,18-19,21,24,29,31H,2,5-6,8-11,15-17H2,1,3-4H3,(H,30,33)/b25-23-. The van der Waals surface area contributed by atoms with Gasteiger partial charge in [-0.05, 0) is 63.0 Å². The molecule has 4 unspecified atom stereocenters. The summed E-state index contributed by atoms with van der Waals surface area (Å²) in [4.78, 5) is 17.7. The number of allylic oxidation sites excluding steroid dienone is 3. The number of ether oxygens (including phenoxy) is 1. The number of rotatable bonds is 15. The van der Waals surface area contributed by atoms with Crippen LogP contribution in [0.5, 0.6) is 0 Å². The molecule has 0 spiro atoms. The first-order valence-electron chi connectivity index (χ1n) is 12.3. The predicted molar refractivity (Wildman–Crippen MR) is 133 cm³/mol. The molecule has 0 saturated carbocycles. The van der Waals surface area contributed by atoms with Crippen molar-refractivity contribution in [2.75, 3.05) is 13.2 Å². The van der Waals surface area contributed by atoms with E-state index in [2.05, 4.69) is 42.4 Å². The van der Waals surface area contributed by atoms with Gasteiger partial charge in [0.05, 0.1) is 18.5 Å². The minimum Gasteiger partial charge on any atom is -0.498 e. The van der Waals surface area contributed by atoms with Crippen molar-refractivity contribution in [3.8, 4) is 0 Å². The number of nitrogens with one attached hydrogen (secondary N) is 3. The lowest BCUT2D eigenvalue weighted by Gasteiger charge is -2.32. The quantitative estimate of drug-likeness (QED) is 0.128. The van der Waals surface area contributed by atoms with E-state index in [4.69, 9.17) is 9.57 Å². The Bertz CT molecular complexity index is 827. The molecule has 2 aliphatic rings. The monoisotopic (exact) mass is 494 g/mol. The maximum atomic E-state index is 14.1. The van der Waals surface area contributed by atoms with Gasteiger partial charge in [-0.3, -0.25) is 15.1 Å². The van der Waals surface area contributed by atoms with Crippen LogP contribution < -0.4 is 16.2 Å². The predicted octanol–water partition coefficient (Wildman–Crippen LogP) is 5.05. The van der Waals surface area contributed by atoms with E-state index in [1.54, 1.807) is 13.0 Å². The molecule has 0 saturated heterocycles. The van der Waals surface area contributed by atoms with E-state index in [1.165, 1.54) is 6.20 Å². The summed E-state index contributed by atoms with van der Waals surface area (Å²) in [6.07, 6.45) is 10.8. The Morgan fingerprint density at radius 1 is 1.43 bits per heavy atom. The second-order valence-electron chi connectivity index (χ2n) is 9.10. The van der Waals surface area contributed by atoms with Gasteiger partial charge in [-0.15, -0.1) is 0 Å². The summed E-state index contributed by atoms with van der Waals surface area (Å²) in [6, 6.07) is 0.